The highest BCUT2D eigenvalue weighted by atomic mass is 14.7. The lowest BCUT2D eigenvalue weighted by Crippen LogP contribution is -2.07. The van der Waals surface area contributed by atoms with Gasteiger partial charge in [-0.3, -0.25) is 4.98 Å². The second kappa shape index (κ2) is 5.85. The van der Waals surface area contributed by atoms with E-state index in [4.69, 9.17) is 0 Å². The number of benzene rings is 1. The lowest BCUT2D eigenvalue weighted by Gasteiger charge is -2.21. The number of nitrogens with zero attached hydrogens (tertiary/aromatic N) is 1. The summed E-state index contributed by atoms with van der Waals surface area (Å²) in [5.74, 6) is 0. The molecule has 2 aromatic rings. The number of rotatable bonds is 2. The maximum atomic E-state index is 4.66. The van der Waals surface area contributed by atoms with Gasteiger partial charge in [0, 0.05) is 11.6 Å². The Kier molecular flexibility index (Phi) is 4.32. The molecule has 0 amide bonds. The zero-order valence-corrected chi connectivity index (χ0v) is 14.0. The minimum atomic E-state index is 0.172. The molecule has 1 aromatic heterocycles. The van der Waals surface area contributed by atoms with Crippen molar-refractivity contribution in [3.8, 4) is 0 Å². The molecule has 0 unspecified atom stereocenters. The Morgan fingerprint density at radius 3 is 2.29 bits per heavy atom. The van der Waals surface area contributed by atoms with E-state index in [-0.39, 0.29) is 5.41 Å². The number of pyridine rings is 1. The van der Waals surface area contributed by atoms with Crippen LogP contribution in [0.4, 0.5) is 0 Å². The fraction of sp³-hybridized carbons (Fsp3) is 0.350. The Hall–Kier alpha value is -1.89. The van der Waals surface area contributed by atoms with Crippen LogP contribution in [0.1, 0.15) is 47.2 Å². The number of hydrogen-bond donors (Lipinski definition) is 0. The van der Waals surface area contributed by atoms with Gasteiger partial charge >= 0.3 is 0 Å². The van der Waals surface area contributed by atoms with E-state index in [1.807, 2.05) is 6.20 Å². The van der Waals surface area contributed by atoms with Gasteiger partial charge in [-0.2, -0.15) is 0 Å². The van der Waals surface area contributed by atoms with Crippen molar-refractivity contribution in [3.63, 3.8) is 0 Å². The minimum absolute atomic E-state index is 0.172. The molecule has 0 saturated carbocycles. The van der Waals surface area contributed by atoms with Crippen molar-refractivity contribution in [2.24, 2.45) is 5.41 Å². The highest BCUT2D eigenvalue weighted by Gasteiger charge is 2.15. The maximum Gasteiger partial charge on any atom is 0.0779 e. The minimum Gasteiger partial charge on any atom is -0.256 e. The largest absolute Gasteiger partial charge is 0.256 e. The van der Waals surface area contributed by atoms with Crippen molar-refractivity contribution in [1.82, 2.24) is 4.98 Å². The summed E-state index contributed by atoms with van der Waals surface area (Å²) in [7, 11) is 0. The van der Waals surface area contributed by atoms with Crippen molar-refractivity contribution >= 4 is 16.3 Å². The van der Waals surface area contributed by atoms with Gasteiger partial charge in [-0.15, -0.1) is 0 Å². The van der Waals surface area contributed by atoms with Crippen LogP contribution in [0.15, 0.2) is 53.8 Å². The summed E-state index contributed by atoms with van der Waals surface area (Å²) in [6.45, 7) is 13.3. The average Bonchev–Trinajstić information content (AvgIpc) is 2.42. The van der Waals surface area contributed by atoms with Crippen LogP contribution in [0.5, 0.6) is 0 Å². The smallest absolute Gasteiger partial charge is 0.0779 e. The zero-order chi connectivity index (χ0) is 15.6. The summed E-state index contributed by atoms with van der Waals surface area (Å²) in [4.78, 5) is 4.66. The summed E-state index contributed by atoms with van der Waals surface area (Å²) in [6.07, 6.45) is 4.20. The van der Waals surface area contributed by atoms with E-state index >= 15 is 0 Å². The molecule has 0 spiro atoms. The molecule has 0 saturated heterocycles. The van der Waals surface area contributed by atoms with Gasteiger partial charge in [0.1, 0.15) is 0 Å². The monoisotopic (exact) mass is 279 g/mol. The molecule has 0 radical (unpaired) electrons. The van der Waals surface area contributed by atoms with Crippen molar-refractivity contribution in [2.75, 3.05) is 0 Å². The van der Waals surface area contributed by atoms with Gasteiger partial charge in [-0.1, -0.05) is 62.3 Å². The summed E-state index contributed by atoms with van der Waals surface area (Å²) in [5, 5.41) is 2.46. The Bertz CT molecular complexity index is 703. The van der Waals surface area contributed by atoms with Crippen LogP contribution < -0.4 is 0 Å². The fourth-order valence-electron chi connectivity index (χ4n) is 2.22. The van der Waals surface area contributed by atoms with Crippen LogP contribution in [0.2, 0.25) is 0 Å². The Morgan fingerprint density at radius 1 is 1.00 bits per heavy atom. The van der Waals surface area contributed by atoms with Crippen LogP contribution >= 0.6 is 0 Å². The van der Waals surface area contributed by atoms with Crippen molar-refractivity contribution in [1.29, 1.82) is 0 Å². The van der Waals surface area contributed by atoms with E-state index in [9.17, 15) is 0 Å². The summed E-state index contributed by atoms with van der Waals surface area (Å²) in [6, 6.07) is 10.5. The summed E-state index contributed by atoms with van der Waals surface area (Å²) >= 11 is 0. The van der Waals surface area contributed by atoms with Crippen molar-refractivity contribution < 1.29 is 0 Å². The second-order valence-corrected chi connectivity index (χ2v) is 6.87. The van der Waals surface area contributed by atoms with Gasteiger partial charge in [0.25, 0.3) is 0 Å². The van der Waals surface area contributed by atoms with Crippen LogP contribution in [0.25, 0.3) is 16.3 Å². The molecule has 0 bridgehead atoms. The quantitative estimate of drug-likeness (QED) is 0.612. The molecule has 2 rings (SSSR count). The van der Waals surface area contributed by atoms with E-state index in [2.05, 4.69) is 82.9 Å². The van der Waals surface area contributed by atoms with Gasteiger partial charge in [0.15, 0.2) is 0 Å². The first-order chi connectivity index (χ1) is 9.80. The van der Waals surface area contributed by atoms with Crippen LogP contribution in [0, 0.1) is 5.41 Å². The predicted octanol–water partition coefficient (Wildman–Crippen LogP) is 6.02. The zero-order valence-electron chi connectivity index (χ0n) is 14.0. The molecule has 0 aliphatic rings. The van der Waals surface area contributed by atoms with E-state index in [0.717, 1.165) is 5.69 Å². The van der Waals surface area contributed by atoms with Gasteiger partial charge in [0.2, 0.25) is 0 Å². The SMILES string of the molecule is CC(C)=C(/C=C(\C)C(C)(C)C)c1nccc2ccccc12. The third kappa shape index (κ3) is 3.41. The molecule has 1 heteroatoms. The van der Waals surface area contributed by atoms with Crippen LogP contribution in [-0.4, -0.2) is 4.98 Å². The lowest BCUT2D eigenvalue weighted by molar-refractivity contribution is 0.504. The fourth-order valence-corrected chi connectivity index (χ4v) is 2.22. The van der Waals surface area contributed by atoms with E-state index < -0.39 is 0 Å². The van der Waals surface area contributed by atoms with Gasteiger partial charge in [-0.25, -0.2) is 0 Å². The normalized spacial score (nSPS) is 12.6. The van der Waals surface area contributed by atoms with Crippen LogP contribution in [-0.2, 0) is 0 Å². The predicted molar refractivity (Wildman–Crippen MR) is 93.2 cm³/mol. The molecule has 0 aliphatic carbocycles. The Balaban J connectivity index is 2.67. The van der Waals surface area contributed by atoms with Gasteiger partial charge in [-0.05, 0) is 43.2 Å². The highest BCUT2D eigenvalue weighted by molar-refractivity contribution is 5.94. The van der Waals surface area contributed by atoms with E-state index in [1.165, 1.54) is 27.5 Å². The second-order valence-electron chi connectivity index (χ2n) is 6.87. The van der Waals surface area contributed by atoms with Crippen LogP contribution in [0.3, 0.4) is 0 Å². The number of allylic oxidation sites excluding steroid dienone is 4. The molecule has 0 aliphatic heterocycles. The topological polar surface area (TPSA) is 12.9 Å². The lowest BCUT2D eigenvalue weighted by atomic mass is 9.85. The van der Waals surface area contributed by atoms with E-state index in [1.54, 1.807) is 0 Å². The molecule has 1 heterocycles. The first-order valence-electron chi connectivity index (χ1n) is 7.51. The average molecular weight is 279 g/mol. The highest BCUT2D eigenvalue weighted by Crippen LogP contribution is 2.31. The Labute approximate surface area is 128 Å². The summed E-state index contributed by atoms with van der Waals surface area (Å²) in [5.41, 5.74) is 5.15. The van der Waals surface area contributed by atoms with Gasteiger partial charge in [0.05, 0.1) is 5.69 Å². The van der Waals surface area contributed by atoms with Crippen molar-refractivity contribution in [2.45, 2.75) is 41.5 Å². The first-order valence-corrected chi connectivity index (χ1v) is 7.51. The number of fused-ring (bicyclic) bond motifs is 1. The standard InChI is InChI=1S/C20H25N/c1-14(2)18(13-15(3)20(4,5)6)19-17-10-8-7-9-16(17)11-12-21-19/h7-13H,1-6H3/b15-13+. The maximum absolute atomic E-state index is 4.66. The number of hydrogen-bond acceptors (Lipinski definition) is 1. The summed E-state index contributed by atoms with van der Waals surface area (Å²) < 4.78 is 0. The van der Waals surface area contributed by atoms with E-state index in [0.29, 0.717) is 0 Å². The molecule has 0 atom stereocenters. The molecule has 0 fully saturated rings. The molecule has 1 aromatic carbocycles. The number of aromatic nitrogens is 1. The molecule has 0 N–H and O–H groups in total. The molecule has 21 heavy (non-hydrogen) atoms. The van der Waals surface area contributed by atoms with Gasteiger partial charge < -0.3 is 0 Å². The Morgan fingerprint density at radius 2 is 1.67 bits per heavy atom. The third-order valence-corrected chi connectivity index (χ3v) is 4.01. The molecule has 110 valence electrons. The first kappa shape index (κ1) is 15.5. The van der Waals surface area contributed by atoms with Crippen molar-refractivity contribution in [3.05, 3.63) is 59.4 Å². The third-order valence-electron chi connectivity index (χ3n) is 4.01. The molecular weight excluding hydrogens is 254 g/mol. The molecule has 1 nitrogen and oxygen atoms in total. The molecular formula is C20H25N.